The van der Waals surface area contributed by atoms with Crippen LogP contribution in [0.25, 0.3) is 0 Å². The van der Waals surface area contributed by atoms with Crippen molar-refractivity contribution in [2.45, 2.75) is 26.7 Å². The number of carbonyl (C=O) groups excluding carboxylic acids is 2. The lowest BCUT2D eigenvalue weighted by Crippen LogP contribution is -2.25. The van der Waals surface area contributed by atoms with Crippen molar-refractivity contribution in [3.63, 3.8) is 0 Å². The fraction of sp³-hybridized carbons (Fsp3) is 0.364. The summed E-state index contributed by atoms with van der Waals surface area (Å²) in [5.74, 6) is 0.442. The topological polar surface area (TPSA) is 67.9 Å². The summed E-state index contributed by atoms with van der Waals surface area (Å²) in [5, 5.41) is 2.79. The molecule has 28 heavy (non-hydrogen) atoms. The Bertz CT molecular complexity index is 749. The molecule has 150 valence electrons. The molecule has 2 rings (SSSR count). The van der Waals surface area contributed by atoms with E-state index in [4.69, 9.17) is 9.47 Å². The largest absolute Gasteiger partial charge is 0.490 e. The molecule has 1 N–H and O–H groups in total. The number of anilines is 2. The molecule has 0 saturated carbocycles. The minimum Gasteiger partial charge on any atom is -0.490 e. The predicted molar refractivity (Wildman–Crippen MR) is 111 cm³/mol. The molecule has 0 bridgehead atoms. The van der Waals surface area contributed by atoms with Gasteiger partial charge in [0, 0.05) is 37.8 Å². The average molecular weight is 384 g/mol. The Hall–Kier alpha value is -3.02. The zero-order chi connectivity index (χ0) is 20.2. The van der Waals surface area contributed by atoms with Crippen molar-refractivity contribution in [2.24, 2.45) is 0 Å². The molecular weight excluding hydrogens is 356 g/mol. The molecule has 0 spiro atoms. The maximum atomic E-state index is 11.9. The van der Waals surface area contributed by atoms with Gasteiger partial charge < -0.3 is 19.7 Å². The van der Waals surface area contributed by atoms with Crippen molar-refractivity contribution >= 4 is 23.3 Å². The summed E-state index contributed by atoms with van der Waals surface area (Å²) in [4.78, 5) is 25.3. The van der Waals surface area contributed by atoms with E-state index in [1.54, 1.807) is 0 Å². The van der Waals surface area contributed by atoms with E-state index in [2.05, 4.69) is 17.1 Å². The molecule has 0 aliphatic heterocycles. The fourth-order valence-electron chi connectivity index (χ4n) is 2.77. The maximum absolute atomic E-state index is 11.9. The average Bonchev–Trinajstić information content (AvgIpc) is 2.69. The van der Waals surface area contributed by atoms with E-state index in [0.29, 0.717) is 19.4 Å². The Morgan fingerprint density at radius 1 is 1.04 bits per heavy atom. The Morgan fingerprint density at radius 2 is 1.82 bits per heavy atom. The van der Waals surface area contributed by atoms with Crippen LogP contribution in [0.5, 0.6) is 5.75 Å². The van der Waals surface area contributed by atoms with Gasteiger partial charge in [0.25, 0.3) is 0 Å². The SMILES string of the molecule is CCN(CCCC(=O)OCCOc1ccccc1)c1cccc(NC(C)=O)c1. The lowest BCUT2D eigenvalue weighted by atomic mass is 10.2. The third kappa shape index (κ3) is 7.70. The van der Waals surface area contributed by atoms with E-state index in [-0.39, 0.29) is 18.5 Å². The highest BCUT2D eigenvalue weighted by molar-refractivity contribution is 5.89. The van der Waals surface area contributed by atoms with Crippen LogP contribution in [-0.4, -0.2) is 38.2 Å². The fourth-order valence-corrected chi connectivity index (χ4v) is 2.77. The van der Waals surface area contributed by atoms with Crippen molar-refractivity contribution in [2.75, 3.05) is 36.5 Å². The summed E-state index contributed by atoms with van der Waals surface area (Å²) in [7, 11) is 0. The zero-order valence-electron chi connectivity index (χ0n) is 16.5. The number of ether oxygens (including phenoxy) is 2. The van der Waals surface area contributed by atoms with E-state index >= 15 is 0 Å². The molecule has 2 aromatic rings. The number of hydrogen-bond donors (Lipinski definition) is 1. The lowest BCUT2D eigenvalue weighted by molar-refractivity contribution is -0.144. The van der Waals surface area contributed by atoms with Crippen LogP contribution in [0.1, 0.15) is 26.7 Å². The molecule has 0 saturated heterocycles. The number of benzene rings is 2. The van der Waals surface area contributed by atoms with Crippen LogP contribution in [0.3, 0.4) is 0 Å². The maximum Gasteiger partial charge on any atom is 0.305 e. The van der Waals surface area contributed by atoms with Crippen LogP contribution in [0.15, 0.2) is 54.6 Å². The zero-order valence-corrected chi connectivity index (χ0v) is 16.5. The number of nitrogens with zero attached hydrogens (tertiary/aromatic N) is 1. The van der Waals surface area contributed by atoms with Crippen LogP contribution in [0, 0.1) is 0 Å². The first-order valence-corrected chi connectivity index (χ1v) is 9.54. The number of rotatable bonds is 11. The van der Waals surface area contributed by atoms with Gasteiger partial charge in [-0.1, -0.05) is 24.3 Å². The van der Waals surface area contributed by atoms with Crippen LogP contribution in [-0.2, 0) is 14.3 Å². The van der Waals surface area contributed by atoms with Gasteiger partial charge in [0.05, 0.1) is 0 Å². The number of amides is 1. The Labute approximate surface area is 166 Å². The molecule has 6 nitrogen and oxygen atoms in total. The third-order valence-corrected chi connectivity index (χ3v) is 4.08. The lowest BCUT2D eigenvalue weighted by Gasteiger charge is -2.23. The number of hydrogen-bond acceptors (Lipinski definition) is 5. The van der Waals surface area contributed by atoms with Crippen molar-refractivity contribution in [1.82, 2.24) is 0 Å². The summed E-state index contributed by atoms with van der Waals surface area (Å²) < 4.78 is 10.7. The number of carbonyl (C=O) groups is 2. The predicted octanol–water partition coefficient (Wildman–Crippen LogP) is 3.87. The summed E-state index contributed by atoms with van der Waals surface area (Å²) in [6, 6.07) is 17.1. The van der Waals surface area contributed by atoms with E-state index in [9.17, 15) is 9.59 Å². The highest BCUT2D eigenvalue weighted by Gasteiger charge is 2.08. The van der Waals surface area contributed by atoms with Crippen LogP contribution < -0.4 is 15.0 Å². The molecule has 0 aliphatic rings. The Balaban J connectivity index is 1.68. The van der Waals surface area contributed by atoms with Gasteiger partial charge in [-0.15, -0.1) is 0 Å². The van der Waals surface area contributed by atoms with Gasteiger partial charge >= 0.3 is 5.97 Å². The van der Waals surface area contributed by atoms with Gasteiger partial charge in [-0.3, -0.25) is 9.59 Å². The second-order valence-corrected chi connectivity index (χ2v) is 6.30. The Kier molecular flexibility index (Phi) is 8.85. The highest BCUT2D eigenvalue weighted by atomic mass is 16.6. The monoisotopic (exact) mass is 384 g/mol. The normalized spacial score (nSPS) is 10.2. The molecule has 1 amide bonds. The molecule has 0 aliphatic carbocycles. The van der Waals surface area contributed by atoms with Gasteiger partial charge in [0.15, 0.2) is 0 Å². The van der Waals surface area contributed by atoms with E-state index in [1.807, 2.05) is 54.6 Å². The van der Waals surface area contributed by atoms with Gasteiger partial charge in [-0.2, -0.15) is 0 Å². The van der Waals surface area contributed by atoms with E-state index in [0.717, 1.165) is 30.2 Å². The smallest absolute Gasteiger partial charge is 0.305 e. The second-order valence-electron chi connectivity index (χ2n) is 6.30. The molecule has 0 fully saturated rings. The first-order chi connectivity index (χ1) is 13.6. The molecule has 0 unspecified atom stereocenters. The first kappa shape index (κ1) is 21.3. The molecular formula is C22H28N2O4. The quantitative estimate of drug-likeness (QED) is 0.470. The number of nitrogens with one attached hydrogen (secondary N) is 1. The van der Waals surface area contributed by atoms with Gasteiger partial charge in [0.2, 0.25) is 5.91 Å². The minimum absolute atomic E-state index is 0.0980. The minimum atomic E-state index is -0.222. The molecule has 0 heterocycles. The highest BCUT2D eigenvalue weighted by Crippen LogP contribution is 2.20. The standard InChI is InChI=1S/C22H28N2O4/c1-3-24(20-10-7-9-19(17-20)23-18(2)25)14-8-13-22(26)28-16-15-27-21-11-5-4-6-12-21/h4-7,9-12,17H,3,8,13-16H2,1-2H3,(H,23,25). The molecule has 0 atom stereocenters. The van der Waals surface area contributed by atoms with Gasteiger partial charge in [0.1, 0.15) is 19.0 Å². The summed E-state index contributed by atoms with van der Waals surface area (Å²) in [6.45, 7) is 5.67. The summed E-state index contributed by atoms with van der Waals surface area (Å²) in [5.41, 5.74) is 1.78. The van der Waals surface area contributed by atoms with Crippen LogP contribution >= 0.6 is 0 Å². The van der Waals surface area contributed by atoms with E-state index in [1.165, 1.54) is 6.92 Å². The summed E-state index contributed by atoms with van der Waals surface area (Å²) >= 11 is 0. The van der Waals surface area contributed by atoms with Crippen molar-refractivity contribution in [3.8, 4) is 5.75 Å². The van der Waals surface area contributed by atoms with Gasteiger partial charge in [-0.25, -0.2) is 0 Å². The van der Waals surface area contributed by atoms with Gasteiger partial charge in [-0.05, 0) is 43.7 Å². The van der Waals surface area contributed by atoms with Crippen molar-refractivity contribution in [1.29, 1.82) is 0 Å². The Morgan fingerprint density at radius 3 is 2.54 bits per heavy atom. The molecule has 0 radical (unpaired) electrons. The van der Waals surface area contributed by atoms with Crippen LogP contribution in [0.4, 0.5) is 11.4 Å². The molecule has 0 aromatic heterocycles. The second kappa shape index (κ2) is 11.6. The molecule has 2 aromatic carbocycles. The third-order valence-electron chi connectivity index (χ3n) is 4.08. The van der Waals surface area contributed by atoms with Crippen molar-refractivity contribution in [3.05, 3.63) is 54.6 Å². The van der Waals surface area contributed by atoms with Crippen molar-refractivity contribution < 1.29 is 19.1 Å². The summed E-state index contributed by atoms with van der Waals surface area (Å²) in [6.07, 6.45) is 1.05. The van der Waals surface area contributed by atoms with Crippen LogP contribution in [0.2, 0.25) is 0 Å². The number of esters is 1. The van der Waals surface area contributed by atoms with E-state index < -0.39 is 0 Å². The first-order valence-electron chi connectivity index (χ1n) is 9.54. The number of para-hydroxylation sites is 1. The molecule has 6 heteroatoms.